The third-order valence-corrected chi connectivity index (χ3v) is 4.06. The number of nitrogen functional groups attached to an aromatic ring is 1. The molecule has 1 atom stereocenters. The van der Waals surface area contributed by atoms with E-state index in [4.69, 9.17) is 15.2 Å². The van der Waals surface area contributed by atoms with Crippen LogP contribution in [0, 0.1) is 0 Å². The molecule has 0 spiro atoms. The lowest BCUT2D eigenvalue weighted by Crippen LogP contribution is -2.39. The summed E-state index contributed by atoms with van der Waals surface area (Å²) in [5, 5.41) is 6.40. The minimum atomic E-state index is -0.348. The molecule has 1 aliphatic rings. The van der Waals surface area contributed by atoms with Crippen molar-refractivity contribution >= 4 is 28.3 Å². The van der Waals surface area contributed by atoms with E-state index >= 15 is 0 Å². The van der Waals surface area contributed by atoms with Gasteiger partial charge in [-0.15, -0.1) is 0 Å². The topological polar surface area (TPSA) is 98.5 Å². The summed E-state index contributed by atoms with van der Waals surface area (Å²) in [5.74, 6) is -0.0103. The first-order valence-electron chi connectivity index (χ1n) is 5.96. The van der Waals surface area contributed by atoms with Crippen LogP contribution < -0.4 is 16.4 Å². The van der Waals surface area contributed by atoms with Crippen molar-refractivity contribution in [1.82, 2.24) is 9.69 Å². The zero-order chi connectivity index (χ0) is 13.9. The Balaban J connectivity index is 2.09. The van der Waals surface area contributed by atoms with E-state index in [9.17, 15) is 4.79 Å². The van der Waals surface area contributed by atoms with Crippen LogP contribution in [0.2, 0.25) is 0 Å². The number of nitrogens with two attached hydrogens (primary N) is 1. The smallest absolute Gasteiger partial charge is 0.257 e. The molecule has 0 aliphatic carbocycles. The third kappa shape index (κ3) is 2.80. The number of hydrogen-bond donors (Lipinski definition) is 3. The van der Waals surface area contributed by atoms with Gasteiger partial charge in [-0.2, -0.15) is 4.37 Å². The molecule has 4 N–H and O–H groups in total. The number of amides is 1. The van der Waals surface area contributed by atoms with Gasteiger partial charge in [-0.25, -0.2) is 0 Å². The van der Waals surface area contributed by atoms with Crippen LogP contribution in [-0.2, 0) is 9.47 Å². The molecule has 106 valence electrons. The van der Waals surface area contributed by atoms with Gasteiger partial charge in [0, 0.05) is 33.7 Å². The summed E-state index contributed by atoms with van der Waals surface area (Å²) < 4.78 is 14.9. The quantitative estimate of drug-likeness (QED) is 0.720. The Kier molecular flexibility index (Phi) is 4.23. The molecule has 1 fully saturated rings. The second kappa shape index (κ2) is 5.72. The van der Waals surface area contributed by atoms with E-state index in [1.54, 1.807) is 14.2 Å². The maximum Gasteiger partial charge on any atom is 0.257 e. The molecular weight excluding hydrogens is 268 g/mol. The number of anilines is 2. The molecule has 0 saturated carbocycles. The number of ether oxygens (including phenoxy) is 2. The van der Waals surface area contributed by atoms with Crippen LogP contribution in [0.3, 0.4) is 0 Å². The molecule has 8 heteroatoms. The van der Waals surface area contributed by atoms with Crippen molar-refractivity contribution in [3.8, 4) is 0 Å². The highest BCUT2D eigenvalue weighted by Gasteiger charge is 2.35. The van der Waals surface area contributed by atoms with Crippen molar-refractivity contribution in [3.05, 3.63) is 5.56 Å². The fraction of sp³-hybridized carbons (Fsp3) is 0.636. The summed E-state index contributed by atoms with van der Waals surface area (Å²) in [4.78, 5) is 11.7. The second-order valence-electron chi connectivity index (χ2n) is 4.39. The van der Waals surface area contributed by atoms with Crippen LogP contribution in [0.5, 0.6) is 0 Å². The lowest BCUT2D eigenvalue weighted by Gasteiger charge is -2.26. The van der Waals surface area contributed by atoms with Gasteiger partial charge in [0.15, 0.2) is 5.82 Å². The molecule has 1 aliphatic heterocycles. The summed E-state index contributed by atoms with van der Waals surface area (Å²) in [6.07, 6.45) is 0.820. The predicted molar refractivity (Wildman–Crippen MR) is 73.6 cm³/mol. The van der Waals surface area contributed by atoms with Crippen molar-refractivity contribution in [3.63, 3.8) is 0 Å². The zero-order valence-corrected chi connectivity index (χ0v) is 11.8. The van der Waals surface area contributed by atoms with Gasteiger partial charge in [0.05, 0.1) is 6.61 Å². The van der Waals surface area contributed by atoms with Gasteiger partial charge in [-0.3, -0.25) is 4.79 Å². The average Bonchev–Trinajstić information content (AvgIpc) is 3.03. The zero-order valence-electron chi connectivity index (χ0n) is 11.0. The van der Waals surface area contributed by atoms with Crippen LogP contribution in [0.1, 0.15) is 16.8 Å². The first-order valence-corrected chi connectivity index (χ1v) is 6.73. The Hall–Kier alpha value is -1.38. The molecule has 1 saturated heterocycles. The first-order chi connectivity index (χ1) is 9.12. The molecule has 1 aromatic rings. The average molecular weight is 286 g/mol. The molecule has 2 heterocycles. The SMILES string of the molecule is CNC(=O)c1c(N)nsc1NCC1(OC)CCOC1. The molecule has 1 amide bonds. The van der Waals surface area contributed by atoms with E-state index in [-0.39, 0.29) is 17.3 Å². The van der Waals surface area contributed by atoms with Crippen LogP contribution >= 0.6 is 11.5 Å². The van der Waals surface area contributed by atoms with Crippen molar-refractivity contribution in [2.24, 2.45) is 0 Å². The van der Waals surface area contributed by atoms with Crippen molar-refractivity contribution in [2.45, 2.75) is 12.0 Å². The highest BCUT2D eigenvalue weighted by molar-refractivity contribution is 7.11. The van der Waals surface area contributed by atoms with Gasteiger partial charge in [-0.05, 0) is 11.5 Å². The second-order valence-corrected chi connectivity index (χ2v) is 5.17. The fourth-order valence-electron chi connectivity index (χ4n) is 1.97. The highest BCUT2D eigenvalue weighted by Crippen LogP contribution is 2.29. The maximum absolute atomic E-state index is 11.7. The van der Waals surface area contributed by atoms with Crippen LogP contribution in [-0.4, -0.2) is 49.8 Å². The normalized spacial score (nSPS) is 22.4. The molecule has 2 rings (SSSR count). The number of aromatic nitrogens is 1. The molecule has 1 unspecified atom stereocenters. The number of nitrogens with zero attached hydrogens (tertiary/aromatic N) is 1. The lowest BCUT2D eigenvalue weighted by molar-refractivity contribution is -0.00616. The predicted octanol–water partition coefficient (Wildman–Crippen LogP) is 0.302. The monoisotopic (exact) mass is 286 g/mol. The standard InChI is InChI=1S/C11H18N4O3S/c1-13-9(16)7-8(12)15-19-10(7)14-5-11(17-2)3-4-18-6-11/h14H,3-6H2,1-2H3,(H2,12,15)(H,13,16). The Labute approximate surface area is 115 Å². The highest BCUT2D eigenvalue weighted by atomic mass is 32.1. The molecule has 1 aromatic heterocycles. The van der Waals surface area contributed by atoms with E-state index in [0.29, 0.717) is 30.3 Å². The molecule has 19 heavy (non-hydrogen) atoms. The van der Waals surface area contributed by atoms with E-state index in [1.807, 2.05) is 0 Å². The minimum absolute atomic E-state index is 0.237. The number of carbonyl (C=O) groups excluding carboxylic acids is 1. The Morgan fingerprint density at radius 3 is 3.05 bits per heavy atom. The fourth-order valence-corrected chi connectivity index (χ4v) is 2.68. The molecule has 0 aromatic carbocycles. The van der Waals surface area contributed by atoms with Crippen LogP contribution in [0.15, 0.2) is 0 Å². The number of carbonyl (C=O) groups is 1. The summed E-state index contributed by atoms with van der Waals surface area (Å²) in [7, 11) is 3.22. The van der Waals surface area contributed by atoms with E-state index < -0.39 is 0 Å². The summed E-state index contributed by atoms with van der Waals surface area (Å²) in [6, 6.07) is 0. The largest absolute Gasteiger partial charge is 0.382 e. The number of hydrogen-bond acceptors (Lipinski definition) is 7. The van der Waals surface area contributed by atoms with Crippen molar-refractivity contribution in [1.29, 1.82) is 0 Å². The van der Waals surface area contributed by atoms with Crippen LogP contribution in [0.25, 0.3) is 0 Å². The number of methoxy groups -OCH3 is 1. The van der Waals surface area contributed by atoms with Gasteiger partial charge >= 0.3 is 0 Å². The minimum Gasteiger partial charge on any atom is -0.382 e. The number of rotatable bonds is 5. The van der Waals surface area contributed by atoms with Crippen LogP contribution in [0.4, 0.5) is 10.8 Å². The Morgan fingerprint density at radius 2 is 2.47 bits per heavy atom. The van der Waals surface area contributed by atoms with Gasteiger partial charge in [0.2, 0.25) is 0 Å². The first kappa shape index (κ1) is 14.0. The summed E-state index contributed by atoms with van der Waals surface area (Å²) in [6.45, 7) is 1.78. The lowest BCUT2D eigenvalue weighted by atomic mass is 10.0. The van der Waals surface area contributed by atoms with Crippen molar-refractivity contribution in [2.75, 3.05) is 45.0 Å². The van der Waals surface area contributed by atoms with Crippen molar-refractivity contribution < 1.29 is 14.3 Å². The van der Waals surface area contributed by atoms with E-state index in [0.717, 1.165) is 6.42 Å². The van der Waals surface area contributed by atoms with Gasteiger partial charge in [0.25, 0.3) is 5.91 Å². The third-order valence-electron chi connectivity index (χ3n) is 3.24. The van der Waals surface area contributed by atoms with E-state index in [1.165, 1.54) is 11.5 Å². The van der Waals surface area contributed by atoms with Gasteiger partial charge in [-0.1, -0.05) is 0 Å². The maximum atomic E-state index is 11.7. The Bertz CT molecular complexity index is 457. The van der Waals surface area contributed by atoms with E-state index in [2.05, 4.69) is 15.0 Å². The molecular formula is C11H18N4O3S. The molecule has 0 radical (unpaired) electrons. The van der Waals surface area contributed by atoms with Gasteiger partial charge < -0.3 is 25.8 Å². The summed E-state index contributed by atoms with van der Waals surface area (Å²) >= 11 is 1.17. The number of nitrogens with one attached hydrogen (secondary N) is 2. The van der Waals surface area contributed by atoms with Gasteiger partial charge in [0.1, 0.15) is 16.2 Å². The summed E-state index contributed by atoms with van der Waals surface area (Å²) in [5.41, 5.74) is 5.75. The molecule has 7 nitrogen and oxygen atoms in total. The molecule has 0 bridgehead atoms. The Morgan fingerprint density at radius 1 is 1.68 bits per heavy atom.